The minimum Gasteiger partial charge on any atom is -0.395 e. The molecule has 3 aromatic carbocycles. The predicted molar refractivity (Wildman–Crippen MR) is 231 cm³/mol. The second-order valence-electron chi connectivity index (χ2n) is 17.5. The Hall–Kier alpha value is -4.80. The number of fused-ring (bicyclic) bond motifs is 2. The number of nitrogens with one attached hydrogen (secondary N) is 4. The summed E-state index contributed by atoms with van der Waals surface area (Å²) in [6.07, 6.45) is 5.10. The normalized spacial score (nSPS) is 25.9. The number of aryl methyl sites for hydroxylation is 1. The number of rotatable bonds is 13. The summed E-state index contributed by atoms with van der Waals surface area (Å²) in [5, 5.41) is 31.8. The summed E-state index contributed by atoms with van der Waals surface area (Å²) >= 11 is 0. The lowest BCUT2D eigenvalue weighted by atomic mass is 9.82. The minimum atomic E-state index is -3.48. The van der Waals surface area contributed by atoms with E-state index in [0.29, 0.717) is 54.4 Å². The van der Waals surface area contributed by atoms with Gasteiger partial charge in [0.1, 0.15) is 0 Å². The van der Waals surface area contributed by atoms with Gasteiger partial charge >= 0.3 is 0 Å². The van der Waals surface area contributed by atoms with Crippen LogP contribution < -0.4 is 26.2 Å². The highest BCUT2D eigenvalue weighted by Gasteiger charge is 2.66. The number of hydrogen-bond donors (Lipinski definition) is 5. The molecule has 4 aliphatic heterocycles. The highest BCUT2D eigenvalue weighted by molar-refractivity contribution is 6.72. The van der Waals surface area contributed by atoms with Crippen LogP contribution in [0.1, 0.15) is 67.3 Å². The molecule has 60 heavy (non-hydrogen) atoms. The maximum atomic E-state index is 16.7. The lowest BCUT2D eigenvalue weighted by Crippen LogP contribution is -2.45. The van der Waals surface area contributed by atoms with Gasteiger partial charge in [0.25, 0.3) is 5.91 Å². The maximum absolute atomic E-state index is 16.7. The summed E-state index contributed by atoms with van der Waals surface area (Å²) in [6, 6.07) is 22.7. The molecule has 0 bridgehead atoms. The standard InChI is InChI=1S/C45H57FN8O5Si/c1-29-41(60(2,3)46)40(19-22-53-27-38(51-52-53)36(28-55)31-9-5-4-6-10-31)59-45(29)37-23-35(50-43(57)33-12-8-21-48-25-33)17-18-39(37)54(44(45)58)26-30-13-15-34(16-14-30)49-42(56)32-11-7-20-47-24-32/h4-6,9-10,13-18,23,27,29,32-33,36,40-41,47-48,55H,7-8,11-12,19-22,24-26,28H2,1-3H3,(H,49,56)(H,50,57)/t29-,32?,33?,36?,40+,41-,45+/m0/s1. The molecule has 13 nitrogen and oxygen atoms in total. The first-order chi connectivity index (χ1) is 29.0. The Morgan fingerprint density at radius 2 is 1.62 bits per heavy atom. The Labute approximate surface area is 352 Å². The maximum Gasteiger partial charge on any atom is 0.264 e. The van der Waals surface area contributed by atoms with Gasteiger partial charge in [0.15, 0.2) is 5.60 Å². The number of nitrogens with zero attached hydrogens (tertiary/aromatic N) is 4. The summed E-state index contributed by atoms with van der Waals surface area (Å²) in [5.74, 6) is -1.48. The Kier molecular flexibility index (Phi) is 12.3. The molecule has 5 N–H and O–H groups in total. The average molecular weight is 837 g/mol. The van der Waals surface area contributed by atoms with Gasteiger partial charge in [0.2, 0.25) is 20.2 Å². The lowest BCUT2D eigenvalue weighted by molar-refractivity contribution is -0.146. The van der Waals surface area contributed by atoms with Crippen molar-refractivity contribution in [2.45, 2.75) is 88.4 Å². The molecule has 0 radical (unpaired) electrons. The third kappa shape index (κ3) is 8.42. The molecule has 0 aliphatic carbocycles. The number of anilines is 3. The monoisotopic (exact) mass is 836 g/mol. The van der Waals surface area contributed by atoms with E-state index in [4.69, 9.17) is 4.74 Å². The van der Waals surface area contributed by atoms with E-state index in [1.807, 2.05) is 85.9 Å². The number of carbonyl (C=O) groups excluding carboxylic acids is 3. The van der Waals surface area contributed by atoms with Crippen molar-refractivity contribution in [2.75, 3.05) is 48.3 Å². The van der Waals surface area contributed by atoms with Crippen molar-refractivity contribution in [1.29, 1.82) is 0 Å². The van der Waals surface area contributed by atoms with Crippen LogP contribution in [0, 0.1) is 17.8 Å². The van der Waals surface area contributed by atoms with E-state index >= 15 is 8.90 Å². The molecule has 4 aliphatic rings. The number of halogens is 1. The molecular formula is C45H57FN8O5Si. The van der Waals surface area contributed by atoms with Gasteiger partial charge in [-0.15, -0.1) is 5.10 Å². The molecule has 3 fully saturated rings. The third-order valence-electron chi connectivity index (χ3n) is 13.1. The van der Waals surface area contributed by atoms with Crippen LogP contribution in [0.5, 0.6) is 0 Å². The number of ether oxygens (including phenoxy) is 1. The van der Waals surface area contributed by atoms with E-state index in [2.05, 4.69) is 31.6 Å². The topological polar surface area (TPSA) is 163 Å². The van der Waals surface area contributed by atoms with Gasteiger partial charge in [-0.3, -0.25) is 19.1 Å². The number of aromatic nitrogens is 3. The van der Waals surface area contributed by atoms with Gasteiger partial charge < -0.3 is 40.1 Å². The van der Waals surface area contributed by atoms with Crippen LogP contribution in [0.4, 0.5) is 21.2 Å². The van der Waals surface area contributed by atoms with Crippen LogP contribution in [0.3, 0.4) is 0 Å². The van der Waals surface area contributed by atoms with Gasteiger partial charge in [0, 0.05) is 54.2 Å². The molecule has 5 heterocycles. The summed E-state index contributed by atoms with van der Waals surface area (Å²) in [7, 11) is -3.48. The van der Waals surface area contributed by atoms with Crippen molar-refractivity contribution in [3.05, 3.63) is 101 Å². The van der Waals surface area contributed by atoms with Crippen LogP contribution in [0.25, 0.3) is 0 Å². The molecule has 8 rings (SSSR count). The molecule has 4 aromatic rings. The van der Waals surface area contributed by atoms with Crippen molar-refractivity contribution in [2.24, 2.45) is 17.8 Å². The average Bonchev–Trinajstić information content (AvgIpc) is 3.92. The number of hydrogen-bond acceptors (Lipinski definition) is 9. The summed E-state index contributed by atoms with van der Waals surface area (Å²) in [4.78, 5) is 43.3. The van der Waals surface area contributed by atoms with Crippen molar-refractivity contribution in [3.8, 4) is 0 Å². The SMILES string of the molecule is C[C@H]1[C@H]([Si](C)(C)F)[C@@H](CCn2cc(C(CO)c3ccccc3)nn2)O[C@]12C(=O)N(Cc1ccc(NC(=O)C3CCCNC3)cc1)c1ccc(NC(=O)C3CCCNC3)cc12. The smallest absolute Gasteiger partial charge is 0.264 e. The predicted octanol–water partition coefficient (Wildman–Crippen LogP) is 5.69. The van der Waals surface area contributed by atoms with E-state index in [0.717, 1.165) is 49.9 Å². The van der Waals surface area contributed by atoms with E-state index in [-0.39, 0.29) is 48.6 Å². The van der Waals surface area contributed by atoms with Crippen LogP contribution in [0.15, 0.2) is 79.0 Å². The van der Waals surface area contributed by atoms with Crippen LogP contribution in [-0.4, -0.2) is 85.1 Å². The largest absolute Gasteiger partial charge is 0.395 e. The number of piperidine rings is 2. The van der Waals surface area contributed by atoms with Gasteiger partial charge in [-0.2, -0.15) is 0 Å². The first-order valence-electron chi connectivity index (χ1n) is 21.5. The highest BCUT2D eigenvalue weighted by atomic mass is 28.4. The van der Waals surface area contributed by atoms with Gasteiger partial charge in [-0.25, -0.2) is 0 Å². The summed E-state index contributed by atoms with van der Waals surface area (Å²) < 4.78 is 25.5. The Balaban J connectivity index is 1.07. The number of amides is 3. The van der Waals surface area contributed by atoms with Gasteiger partial charge in [-0.1, -0.05) is 54.6 Å². The molecule has 1 aromatic heterocycles. The van der Waals surface area contributed by atoms with Crippen molar-refractivity contribution in [3.63, 3.8) is 0 Å². The van der Waals surface area contributed by atoms with E-state index < -0.39 is 31.6 Å². The Bertz CT molecular complexity index is 2150. The van der Waals surface area contributed by atoms with Crippen LogP contribution in [-0.2, 0) is 37.8 Å². The van der Waals surface area contributed by atoms with Crippen LogP contribution >= 0.6 is 0 Å². The fraction of sp³-hybridized carbons (Fsp3) is 0.489. The van der Waals surface area contributed by atoms with E-state index in [1.165, 1.54) is 0 Å². The van der Waals surface area contributed by atoms with Crippen molar-refractivity contribution >= 4 is 43.2 Å². The zero-order valence-corrected chi connectivity index (χ0v) is 35.7. The number of aliphatic hydroxyl groups excluding tert-OH is 1. The van der Waals surface area contributed by atoms with Gasteiger partial charge in [-0.05, 0) is 99.7 Å². The number of benzene rings is 3. The quantitative estimate of drug-likeness (QED) is 0.0842. The number of carbonyl (C=O) groups is 3. The first kappa shape index (κ1) is 41.9. The van der Waals surface area contributed by atoms with Crippen molar-refractivity contribution in [1.82, 2.24) is 25.6 Å². The molecule has 0 saturated carbocycles. The third-order valence-corrected chi connectivity index (χ3v) is 15.5. The molecular weight excluding hydrogens is 780 g/mol. The highest BCUT2D eigenvalue weighted by Crippen LogP contribution is 2.60. The summed E-state index contributed by atoms with van der Waals surface area (Å²) in [5.41, 5.74) is 2.88. The number of aliphatic hydroxyl groups is 1. The molecule has 3 amide bonds. The second kappa shape index (κ2) is 17.7. The molecule has 318 valence electrons. The minimum absolute atomic E-state index is 0.00945. The van der Waals surface area contributed by atoms with Crippen molar-refractivity contribution < 1.29 is 28.3 Å². The second-order valence-corrected chi connectivity index (χ2v) is 21.3. The molecule has 1 spiro atoms. The summed E-state index contributed by atoms with van der Waals surface area (Å²) in [6.45, 7) is 8.84. The van der Waals surface area contributed by atoms with E-state index in [1.54, 1.807) is 22.7 Å². The molecule has 3 unspecified atom stereocenters. The Morgan fingerprint density at radius 3 is 2.23 bits per heavy atom. The fourth-order valence-corrected chi connectivity index (χ4v) is 12.5. The van der Waals surface area contributed by atoms with E-state index in [9.17, 15) is 14.7 Å². The van der Waals surface area contributed by atoms with Crippen LogP contribution in [0.2, 0.25) is 18.6 Å². The zero-order valence-electron chi connectivity index (χ0n) is 34.7. The van der Waals surface area contributed by atoms with Gasteiger partial charge in [0.05, 0.1) is 48.4 Å². The molecule has 15 heteroatoms. The lowest BCUT2D eigenvalue weighted by Gasteiger charge is -2.31. The fourth-order valence-electron chi connectivity index (χ4n) is 9.96. The Morgan fingerprint density at radius 1 is 0.967 bits per heavy atom. The molecule has 3 saturated heterocycles. The first-order valence-corrected chi connectivity index (χ1v) is 24.4. The zero-order chi connectivity index (χ0) is 42.0. The molecule has 7 atom stereocenters.